The molecule has 0 bridgehead atoms. The van der Waals surface area contributed by atoms with Gasteiger partial charge in [0.1, 0.15) is 0 Å². The standard InChI is InChI=1S/C20H30N4O2.2ClH/c25-20(24-7-4-19(16-24)23-8-5-21-6-9-23)18-3-1-2-17(14-18)15-22-10-12-26-13-11-22;;/h1-3,14,19,21H,4-13,15-16H2;2*1H. The third kappa shape index (κ3) is 5.81. The van der Waals surface area contributed by atoms with Gasteiger partial charge >= 0.3 is 0 Å². The van der Waals surface area contributed by atoms with Crippen LogP contribution in [0.15, 0.2) is 24.3 Å². The molecular weight excluding hydrogens is 399 g/mol. The van der Waals surface area contributed by atoms with Crippen LogP contribution >= 0.6 is 24.8 Å². The minimum Gasteiger partial charge on any atom is -0.379 e. The molecule has 4 rings (SSSR count). The number of rotatable bonds is 4. The Morgan fingerprint density at radius 1 is 1.07 bits per heavy atom. The number of carbonyl (C=O) groups is 1. The minimum absolute atomic E-state index is 0. The average molecular weight is 431 g/mol. The van der Waals surface area contributed by atoms with Gasteiger partial charge in [0.15, 0.2) is 0 Å². The quantitative estimate of drug-likeness (QED) is 0.783. The van der Waals surface area contributed by atoms with Gasteiger partial charge in [-0.3, -0.25) is 14.6 Å². The summed E-state index contributed by atoms with van der Waals surface area (Å²) in [4.78, 5) is 20.0. The molecule has 0 aromatic heterocycles. The molecule has 3 heterocycles. The molecule has 6 nitrogen and oxygen atoms in total. The monoisotopic (exact) mass is 430 g/mol. The number of piperazine rings is 1. The van der Waals surface area contributed by atoms with Crippen LogP contribution in [-0.4, -0.2) is 92.2 Å². The number of nitrogens with zero attached hydrogens (tertiary/aromatic N) is 3. The number of likely N-dealkylation sites (tertiary alicyclic amines) is 1. The summed E-state index contributed by atoms with van der Waals surface area (Å²) in [6.45, 7) is 10.5. The SMILES string of the molecule is Cl.Cl.O=C(c1cccc(CN2CCOCC2)c1)N1CCC(N2CCNCC2)C1. The van der Waals surface area contributed by atoms with Crippen molar-refractivity contribution >= 4 is 30.7 Å². The first-order valence-electron chi connectivity index (χ1n) is 9.93. The maximum absolute atomic E-state index is 13.0. The van der Waals surface area contributed by atoms with Crippen molar-refractivity contribution in [3.63, 3.8) is 0 Å². The Hall–Kier alpha value is -0.890. The number of benzene rings is 1. The van der Waals surface area contributed by atoms with Gasteiger partial charge in [0.05, 0.1) is 13.2 Å². The lowest BCUT2D eigenvalue weighted by Crippen LogP contribution is -2.49. The summed E-state index contributed by atoms with van der Waals surface area (Å²) in [5, 5.41) is 3.40. The van der Waals surface area contributed by atoms with Crippen LogP contribution in [0.5, 0.6) is 0 Å². The molecule has 0 saturated carbocycles. The van der Waals surface area contributed by atoms with E-state index in [0.29, 0.717) is 6.04 Å². The second kappa shape index (κ2) is 11.3. The molecule has 1 unspecified atom stereocenters. The second-order valence-corrected chi connectivity index (χ2v) is 7.57. The minimum atomic E-state index is 0. The first-order chi connectivity index (χ1) is 12.8. The summed E-state index contributed by atoms with van der Waals surface area (Å²) in [6.07, 6.45) is 1.10. The molecule has 3 aliphatic heterocycles. The summed E-state index contributed by atoms with van der Waals surface area (Å²) >= 11 is 0. The normalized spacial score (nSPS) is 23.7. The molecular formula is C20H32Cl2N4O2. The maximum Gasteiger partial charge on any atom is 0.253 e. The van der Waals surface area contributed by atoms with Crippen molar-refractivity contribution in [1.82, 2.24) is 20.0 Å². The smallest absolute Gasteiger partial charge is 0.253 e. The van der Waals surface area contributed by atoms with Crippen LogP contribution in [0.1, 0.15) is 22.3 Å². The molecule has 1 amide bonds. The number of carbonyl (C=O) groups excluding carboxylic acids is 1. The van der Waals surface area contributed by atoms with Crippen LogP contribution in [0, 0.1) is 0 Å². The molecule has 8 heteroatoms. The fourth-order valence-corrected chi connectivity index (χ4v) is 4.27. The Morgan fingerprint density at radius 3 is 2.57 bits per heavy atom. The van der Waals surface area contributed by atoms with E-state index in [9.17, 15) is 4.79 Å². The lowest BCUT2D eigenvalue weighted by molar-refractivity contribution is 0.0341. The third-order valence-corrected chi connectivity index (χ3v) is 5.80. The number of hydrogen-bond donors (Lipinski definition) is 1. The van der Waals surface area contributed by atoms with Crippen molar-refractivity contribution in [2.24, 2.45) is 0 Å². The Kier molecular flexibility index (Phi) is 9.47. The predicted octanol–water partition coefficient (Wildman–Crippen LogP) is 1.48. The Labute approximate surface area is 180 Å². The Balaban J connectivity index is 0.00000140. The summed E-state index contributed by atoms with van der Waals surface area (Å²) in [7, 11) is 0. The van der Waals surface area contributed by atoms with E-state index in [-0.39, 0.29) is 30.7 Å². The fourth-order valence-electron chi connectivity index (χ4n) is 4.27. The van der Waals surface area contributed by atoms with Crippen LogP contribution in [-0.2, 0) is 11.3 Å². The van der Waals surface area contributed by atoms with E-state index in [2.05, 4.69) is 27.2 Å². The predicted molar refractivity (Wildman–Crippen MR) is 116 cm³/mol. The van der Waals surface area contributed by atoms with Crippen LogP contribution in [0.3, 0.4) is 0 Å². The Bertz CT molecular complexity index is 622. The van der Waals surface area contributed by atoms with Crippen molar-refractivity contribution in [2.75, 3.05) is 65.6 Å². The summed E-state index contributed by atoms with van der Waals surface area (Å²) in [5.41, 5.74) is 2.05. The van der Waals surface area contributed by atoms with Crippen molar-refractivity contribution in [3.05, 3.63) is 35.4 Å². The van der Waals surface area contributed by atoms with Crippen LogP contribution in [0.4, 0.5) is 0 Å². The zero-order valence-electron chi connectivity index (χ0n) is 16.3. The van der Waals surface area contributed by atoms with E-state index in [1.54, 1.807) is 0 Å². The third-order valence-electron chi connectivity index (χ3n) is 5.80. The molecule has 3 fully saturated rings. The van der Waals surface area contributed by atoms with Crippen LogP contribution < -0.4 is 5.32 Å². The van der Waals surface area contributed by atoms with Gasteiger partial charge in [0, 0.05) is 70.5 Å². The number of ether oxygens (including phenoxy) is 1. The molecule has 0 radical (unpaired) electrons. The van der Waals surface area contributed by atoms with E-state index in [1.807, 2.05) is 17.0 Å². The van der Waals surface area contributed by atoms with Gasteiger partial charge < -0.3 is 15.0 Å². The fraction of sp³-hybridized carbons (Fsp3) is 0.650. The van der Waals surface area contributed by atoms with Gasteiger partial charge in [-0.15, -0.1) is 24.8 Å². The van der Waals surface area contributed by atoms with Gasteiger partial charge in [-0.05, 0) is 24.1 Å². The molecule has 3 saturated heterocycles. The molecule has 158 valence electrons. The largest absolute Gasteiger partial charge is 0.379 e. The number of halogens is 2. The first kappa shape index (κ1) is 23.4. The van der Waals surface area contributed by atoms with E-state index in [0.717, 1.165) is 84.1 Å². The number of amides is 1. The maximum atomic E-state index is 13.0. The van der Waals surface area contributed by atoms with Crippen molar-refractivity contribution in [1.29, 1.82) is 0 Å². The van der Waals surface area contributed by atoms with E-state index >= 15 is 0 Å². The molecule has 28 heavy (non-hydrogen) atoms. The molecule has 1 atom stereocenters. The number of hydrogen-bond acceptors (Lipinski definition) is 5. The Morgan fingerprint density at radius 2 is 1.82 bits per heavy atom. The highest BCUT2D eigenvalue weighted by atomic mass is 35.5. The lowest BCUT2D eigenvalue weighted by Gasteiger charge is -2.32. The summed E-state index contributed by atoms with van der Waals surface area (Å²) < 4.78 is 5.42. The topological polar surface area (TPSA) is 48.1 Å². The molecule has 0 spiro atoms. The zero-order valence-corrected chi connectivity index (χ0v) is 18.0. The van der Waals surface area contributed by atoms with Gasteiger partial charge in [-0.1, -0.05) is 12.1 Å². The summed E-state index contributed by atoms with van der Waals surface area (Å²) in [6, 6.07) is 8.71. The highest BCUT2D eigenvalue weighted by Gasteiger charge is 2.31. The van der Waals surface area contributed by atoms with Gasteiger partial charge in [0.25, 0.3) is 5.91 Å². The number of nitrogens with one attached hydrogen (secondary N) is 1. The van der Waals surface area contributed by atoms with Gasteiger partial charge in [-0.25, -0.2) is 0 Å². The van der Waals surface area contributed by atoms with Gasteiger partial charge in [0.2, 0.25) is 0 Å². The molecule has 3 aliphatic rings. The van der Waals surface area contributed by atoms with E-state index in [4.69, 9.17) is 4.74 Å². The second-order valence-electron chi connectivity index (χ2n) is 7.57. The van der Waals surface area contributed by atoms with Crippen molar-refractivity contribution in [2.45, 2.75) is 19.0 Å². The van der Waals surface area contributed by atoms with Crippen molar-refractivity contribution < 1.29 is 9.53 Å². The lowest BCUT2D eigenvalue weighted by atomic mass is 10.1. The number of morpholine rings is 1. The molecule has 1 N–H and O–H groups in total. The molecule has 1 aromatic rings. The summed E-state index contributed by atoms with van der Waals surface area (Å²) in [5.74, 6) is 0.187. The van der Waals surface area contributed by atoms with Crippen LogP contribution in [0.25, 0.3) is 0 Å². The molecule has 0 aliphatic carbocycles. The molecule has 1 aromatic carbocycles. The van der Waals surface area contributed by atoms with Gasteiger partial charge in [-0.2, -0.15) is 0 Å². The van der Waals surface area contributed by atoms with E-state index in [1.165, 1.54) is 5.56 Å². The van der Waals surface area contributed by atoms with E-state index < -0.39 is 0 Å². The average Bonchev–Trinajstić information content (AvgIpc) is 3.19. The highest BCUT2D eigenvalue weighted by molar-refractivity contribution is 5.94. The van der Waals surface area contributed by atoms with Crippen LogP contribution in [0.2, 0.25) is 0 Å². The zero-order chi connectivity index (χ0) is 17.8. The highest BCUT2D eigenvalue weighted by Crippen LogP contribution is 2.19. The van der Waals surface area contributed by atoms with Crippen molar-refractivity contribution in [3.8, 4) is 0 Å². The first-order valence-corrected chi connectivity index (χ1v) is 9.93.